The van der Waals surface area contributed by atoms with E-state index in [-0.39, 0.29) is 18.9 Å². The van der Waals surface area contributed by atoms with Gasteiger partial charge in [-0.15, -0.1) is 0 Å². The van der Waals surface area contributed by atoms with E-state index in [9.17, 15) is 9.90 Å². The van der Waals surface area contributed by atoms with Crippen molar-refractivity contribution < 1.29 is 14.3 Å². The highest BCUT2D eigenvalue weighted by Gasteiger charge is 2.23. The summed E-state index contributed by atoms with van der Waals surface area (Å²) in [5.41, 5.74) is -0.0667. The molecule has 3 aromatic rings. The molecule has 124 valence electrons. The number of furan rings is 1. The molecule has 1 unspecified atom stereocenters. The largest absolute Gasteiger partial charge is 0.469 e. The second kappa shape index (κ2) is 6.89. The molecule has 24 heavy (non-hydrogen) atoms. The van der Waals surface area contributed by atoms with Crippen LogP contribution in [0.5, 0.6) is 0 Å². The molecule has 4 nitrogen and oxygen atoms in total. The van der Waals surface area contributed by atoms with Crippen molar-refractivity contribution in [1.82, 2.24) is 5.32 Å². The molecule has 0 aliphatic carbocycles. The molecule has 0 aliphatic heterocycles. The van der Waals surface area contributed by atoms with Crippen molar-refractivity contribution in [2.75, 3.05) is 6.54 Å². The van der Waals surface area contributed by atoms with Crippen molar-refractivity contribution in [3.05, 3.63) is 72.2 Å². The van der Waals surface area contributed by atoms with E-state index in [0.29, 0.717) is 12.2 Å². The number of amides is 1. The van der Waals surface area contributed by atoms with Crippen molar-refractivity contribution in [2.45, 2.75) is 25.4 Å². The quantitative estimate of drug-likeness (QED) is 0.733. The summed E-state index contributed by atoms with van der Waals surface area (Å²) in [4.78, 5) is 12.3. The number of carbonyl (C=O) groups is 1. The Morgan fingerprint density at radius 1 is 1.12 bits per heavy atom. The van der Waals surface area contributed by atoms with E-state index in [0.717, 1.165) is 16.3 Å². The number of carbonyl (C=O) groups excluding carboxylic acids is 1. The van der Waals surface area contributed by atoms with E-state index in [2.05, 4.69) is 5.32 Å². The third kappa shape index (κ3) is 4.03. The van der Waals surface area contributed by atoms with Crippen molar-refractivity contribution in [3.63, 3.8) is 0 Å². The molecule has 1 aromatic heterocycles. The van der Waals surface area contributed by atoms with Gasteiger partial charge in [0, 0.05) is 13.0 Å². The molecule has 0 saturated heterocycles. The highest BCUT2D eigenvalue weighted by Crippen LogP contribution is 2.19. The zero-order chi connectivity index (χ0) is 17.0. The lowest BCUT2D eigenvalue weighted by Gasteiger charge is -2.22. The first-order valence-corrected chi connectivity index (χ1v) is 8.02. The molecule has 2 aromatic carbocycles. The van der Waals surface area contributed by atoms with Crippen LogP contribution in [0.25, 0.3) is 10.8 Å². The summed E-state index contributed by atoms with van der Waals surface area (Å²) in [6.45, 7) is 1.87. The number of benzene rings is 2. The van der Waals surface area contributed by atoms with Crippen LogP contribution in [0.1, 0.15) is 18.2 Å². The summed E-state index contributed by atoms with van der Waals surface area (Å²) in [7, 11) is 0. The van der Waals surface area contributed by atoms with Crippen LogP contribution in [0, 0.1) is 0 Å². The smallest absolute Gasteiger partial charge is 0.224 e. The number of fused-ring (bicyclic) bond motifs is 1. The van der Waals surface area contributed by atoms with E-state index in [1.807, 2.05) is 48.5 Å². The Labute approximate surface area is 141 Å². The highest BCUT2D eigenvalue weighted by molar-refractivity contribution is 5.90. The van der Waals surface area contributed by atoms with E-state index in [4.69, 9.17) is 4.42 Å². The molecule has 0 radical (unpaired) electrons. The number of nitrogens with one attached hydrogen (secondary N) is 1. The fraction of sp³-hybridized carbons (Fsp3) is 0.250. The zero-order valence-corrected chi connectivity index (χ0v) is 13.7. The molecule has 0 bridgehead atoms. The maximum atomic E-state index is 12.3. The molecule has 0 fully saturated rings. The van der Waals surface area contributed by atoms with Gasteiger partial charge in [0.2, 0.25) is 5.91 Å². The van der Waals surface area contributed by atoms with Crippen LogP contribution in [0.2, 0.25) is 0 Å². The van der Waals surface area contributed by atoms with Gasteiger partial charge in [0.05, 0.1) is 18.3 Å². The fourth-order valence-corrected chi connectivity index (χ4v) is 2.82. The summed E-state index contributed by atoms with van der Waals surface area (Å²) in [6, 6.07) is 17.6. The molecule has 2 N–H and O–H groups in total. The van der Waals surface area contributed by atoms with Crippen molar-refractivity contribution in [3.8, 4) is 0 Å². The van der Waals surface area contributed by atoms with Crippen LogP contribution < -0.4 is 5.32 Å². The summed E-state index contributed by atoms with van der Waals surface area (Å²) in [5.74, 6) is 0.592. The van der Waals surface area contributed by atoms with Gasteiger partial charge in [-0.05, 0) is 35.4 Å². The Balaban J connectivity index is 1.61. The predicted octanol–water partition coefficient (Wildman–Crippen LogP) is 3.09. The second-order valence-electron chi connectivity index (χ2n) is 6.34. The molecule has 3 rings (SSSR count). The number of hydrogen-bond donors (Lipinski definition) is 2. The van der Waals surface area contributed by atoms with Gasteiger partial charge >= 0.3 is 0 Å². The van der Waals surface area contributed by atoms with Gasteiger partial charge in [-0.1, -0.05) is 42.5 Å². The SMILES string of the molecule is CC(O)(CNC(=O)Cc1cccc2ccccc12)Cc1ccco1. The third-order valence-corrected chi connectivity index (χ3v) is 4.03. The maximum absolute atomic E-state index is 12.3. The fourth-order valence-electron chi connectivity index (χ4n) is 2.82. The predicted molar refractivity (Wildman–Crippen MR) is 93.7 cm³/mol. The highest BCUT2D eigenvalue weighted by atomic mass is 16.3. The molecular formula is C20H21NO3. The number of rotatable bonds is 6. The summed E-state index contributed by atoms with van der Waals surface area (Å²) < 4.78 is 5.25. The molecule has 0 spiro atoms. The van der Waals surface area contributed by atoms with E-state index < -0.39 is 5.60 Å². The Kier molecular flexibility index (Phi) is 4.67. The molecule has 1 atom stereocenters. The minimum Gasteiger partial charge on any atom is -0.469 e. The normalized spacial score (nSPS) is 13.6. The van der Waals surface area contributed by atoms with E-state index in [1.165, 1.54) is 0 Å². The Morgan fingerprint density at radius 2 is 1.92 bits per heavy atom. The topological polar surface area (TPSA) is 62.5 Å². The average Bonchev–Trinajstić information content (AvgIpc) is 3.06. The standard InChI is InChI=1S/C20H21NO3/c1-20(23,13-17-9-5-11-24-17)14-21-19(22)12-16-8-4-7-15-6-2-3-10-18(15)16/h2-11,23H,12-14H2,1H3,(H,21,22). The van der Waals surface area contributed by atoms with Crippen LogP contribution >= 0.6 is 0 Å². The van der Waals surface area contributed by atoms with Gasteiger partial charge in [-0.2, -0.15) is 0 Å². The first kappa shape index (κ1) is 16.3. The van der Waals surface area contributed by atoms with Crippen LogP contribution in [-0.2, 0) is 17.6 Å². The molecule has 0 aliphatic rings. The van der Waals surface area contributed by atoms with Crippen LogP contribution in [0.15, 0.2) is 65.3 Å². The van der Waals surface area contributed by atoms with Gasteiger partial charge in [-0.3, -0.25) is 4.79 Å². The lowest BCUT2D eigenvalue weighted by Crippen LogP contribution is -2.42. The minimum atomic E-state index is -1.05. The van der Waals surface area contributed by atoms with Crippen molar-refractivity contribution in [1.29, 1.82) is 0 Å². The monoisotopic (exact) mass is 323 g/mol. The second-order valence-corrected chi connectivity index (χ2v) is 6.34. The lowest BCUT2D eigenvalue weighted by atomic mass is 10.00. The van der Waals surface area contributed by atoms with Crippen LogP contribution in [0.4, 0.5) is 0 Å². The lowest BCUT2D eigenvalue weighted by molar-refractivity contribution is -0.121. The summed E-state index contributed by atoms with van der Waals surface area (Å²) in [6.07, 6.45) is 2.22. The molecule has 0 saturated carbocycles. The Morgan fingerprint density at radius 3 is 2.71 bits per heavy atom. The van der Waals surface area contributed by atoms with Crippen molar-refractivity contribution in [2.24, 2.45) is 0 Å². The van der Waals surface area contributed by atoms with Gasteiger partial charge in [0.15, 0.2) is 0 Å². The van der Waals surface area contributed by atoms with Crippen molar-refractivity contribution >= 4 is 16.7 Å². The molecule has 1 heterocycles. The van der Waals surface area contributed by atoms with Gasteiger partial charge in [-0.25, -0.2) is 0 Å². The van der Waals surface area contributed by atoms with Gasteiger partial charge in [0.1, 0.15) is 5.76 Å². The minimum absolute atomic E-state index is 0.105. The van der Waals surface area contributed by atoms with E-state index >= 15 is 0 Å². The maximum Gasteiger partial charge on any atom is 0.224 e. The van der Waals surface area contributed by atoms with E-state index in [1.54, 1.807) is 19.3 Å². The number of aliphatic hydroxyl groups is 1. The third-order valence-electron chi connectivity index (χ3n) is 4.03. The first-order valence-electron chi connectivity index (χ1n) is 8.02. The van der Waals surface area contributed by atoms with Crippen LogP contribution in [-0.4, -0.2) is 23.2 Å². The average molecular weight is 323 g/mol. The molecular weight excluding hydrogens is 302 g/mol. The molecule has 4 heteroatoms. The summed E-state index contributed by atoms with van der Waals surface area (Å²) >= 11 is 0. The van der Waals surface area contributed by atoms with Crippen LogP contribution in [0.3, 0.4) is 0 Å². The summed E-state index contributed by atoms with van der Waals surface area (Å²) in [5, 5.41) is 15.4. The van der Waals surface area contributed by atoms with Gasteiger partial charge < -0.3 is 14.8 Å². The Bertz CT molecular complexity index is 817. The number of hydrogen-bond acceptors (Lipinski definition) is 3. The van der Waals surface area contributed by atoms with Gasteiger partial charge in [0.25, 0.3) is 0 Å². The molecule has 1 amide bonds. The zero-order valence-electron chi connectivity index (χ0n) is 13.7. The Hall–Kier alpha value is -2.59. The first-order chi connectivity index (χ1) is 11.5.